The Morgan fingerprint density at radius 3 is 1.00 bits per heavy atom. The van der Waals surface area contributed by atoms with Gasteiger partial charge in [-0.1, -0.05) is 0 Å². The Labute approximate surface area is 50.3 Å². The Morgan fingerprint density at radius 2 is 1.00 bits per heavy atom. The van der Waals surface area contributed by atoms with Crippen LogP contribution in [0.5, 0.6) is 0 Å². The van der Waals surface area contributed by atoms with E-state index in [0.717, 1.165) is 0 Å². The molecule has 0 radical (unpaired) electrons. The van der Waals surface area contributed by atoms with Crippen LogP contribution in [0, 0.1) is 0 Å². The summed E-state index contributed by atoms with van der Waals surface area (Å²) in [5.74, 6) is 0. The second-order valence-electron chi connectivity index (χ2n) is 0.0833. The van der Waals surface area contributed by atoms with Crippen LogP contribution in [0.15, 0.2) is 0 Å². The first kappa shape index (κ1) is 36.5. The fraction of sp³-hybridized carbons (Fsp3) is 0. The number of carbonyl (C=O) groups excluding carboxylic acids is 2. The summed E-state index contributed by atoms with van der Waals surface area (Å²) in [5.41, 5.74) is 0. The molecule has 0 spiro atoms. The van der Waals surface area contributed by atoms with Crippen LogP contribution in [0.1, 0.15) is 0 Å². The van der Waals surface area contributed by atoms with Gasteiger partial charge in [-0.2, -0.15) is 9.59 Å². The van der Waals surface area contributed by atoms with Crippen LogP contribution >= 0.6 is 0 Å². The van der Waals surface area contributed by atoms with E-state index in [4.69, 9.17) is 9.59 Å². The van der Waals surface area contributed by atoms with Gasteiger partial charge < -0.3 is 11.0 Å². The number of hydrogen-bond donors (Lipinski definition) is 0. The predicted octanol–water partition coefficient (Wildman–Crippen LogP) is -1.32. The van der Waals surface area contributed by atoms with E-state index < -0.39 is 0 Å². The van der Waals surface area contributed by atoms with Crippen molar-refractivity contribution in [1.82, 2.24) is 0 Å². The normalized spacial score (nSPS) is 1.33. The minimum Gasteiger partial charge on any atom is -0.870 e. The van der Waals surface area contributed by atoms with Crippen molar-refractivity contribution in [2.45, 2.75) is 0 Å². The van der Waals surface area contributed by atoms with Crippen LogP contribution in [-0.2, 0) is 9.59 Å². The molecule has 2 N–H and O–H groups in total. The van der Waals surface area contributed by atoms with E-state index >= 15 is 0 Å². The van der Waals surface area contributed by atoms with Gasteiger partial charge in [0.2, 0.25) is 0 Å². The van der Waals surface area contributed by atoms with Crippen LogP contribution in [0.3, 0.4) is 0 Å². The zero-order valence-corrected chi connectivity index (χ0v) is 4.33. The maximum atomic E-state index is 8.12. The predicted molar refractivity (Wildman–Crippen MR) is 14.6 cm³/mol. The molecule has 0 aliphatic carbocycles. The van der Waals surface area contributed by atoms with Gasteiger partial charge in [0.1, 0.15) is 0 Å². The molecule has 5 heteroatoms. The molecule has 0 unspecified atom stereocenters. The molecule has 0 heterocycles. The topological polar surface area (TPSA) is 94.1 Å². The van der Waals surface area contributed by atoms with Crippen molar-refractivity contribution in [2.75, 3.05) is 0 Å². The maximum Gasteiger partial charge on any atom is 2.00 e. The van der Waals surface area contributed by atoms with Gasteiger partial charge in [-0.25, -0.2) is 0 Å². The van der Waals surface area contributed by atoms with Gasteiger partial charge >= 0.3 is 29.2 Å². The van der Waals surface area contributed by atoms with Gasteiger partial charge in [-0.05, 0) is 0 Å². The molecule has 0 atom stereocenters. The van der Waals surface area contributed by atoms with E-state index in [1.165, 1.54) is 0 Å². The molecule has 0 bridgehead atoms. The fourth-order valence-corrected chi connectivity index (χ4v) is 0. The van der Waals surface area contributed by atoms with Crippen LogP contribution in [-0.4, -0.2) is 40.2 Å². The first-order chi connectivity index (χ1) is 1.41. The zero-order chi connectivity index (χ0) is 2.71. The van der Waals surface area contributed by atoms with Gasteiger partial charge in [0.15, 0.2) is 0 Å². The van der Waals surface area contributed by atoms with Gasteiger partial charge in [0, 0.05) is 0 Å². The van der Waals surface area contributed by atoms with Crippen molar-refractivity contribution in [2.24, 2.45) is 0 Å². The minimum atomic E-state index is 0. The van der Waals surface area contributed by atoms with E-state index in [1.807, 2.05) is 0 Å². The Hall–Kier alpha value is 0.0662. The summed E-state index contributed by atoms with van der Waals surface area (Å²) in [6.45, 7) is 0. The third-order valence-corrected chi connectivity index (χ3v) is 0. The van der Waals surface area contributed by atoms with Crippen LogP contribution < -0.4 is 0 Å². The molecule has 0 saturated carbocycles. The molecule has 0 aliphatic heterocycles. The SMILES string of the molecule is O=C=O.[Mg+2].[OH-].[OH-]. The van der Waals surface area contributed by atoms with Gasteiger partial charge in [-0.3, -0.25) is 0 Å². The van der Waals surface area contributed by atoms with Crippen molar-refractivity contribution in [3.05, 3.63) is 0 Å². The molecule has 6 heavy (non-hydrogen) atoms. The van der Waals surface area contributed by atoms with Crippen LogP contribution in [0.4, 0.5) is 0 Å². The third-order valence-electron chi connectivity index (χ3n) is 0. The van der Waals surface area contributed by atoms with E-state index in [-0.39, 0.29) is 40.2 Å². The molecule has 0 aliphatic rings. The van der Waals surface area contributed by atoms with Gasteiger partial charge in [0.25, 0.3) is 0 Å². The first-order valence-electron chi connectivity index (χ1n) is 0.408. The molecule has 0 rings (SSSR count). The fourth-order valence-electron chi connectivity index (χ4n) is 0. The van der Waals surface area contributed by atoms with Crippen LogP contribution in [0.25, 0.3) is 0 Å². The van der Waals surface area contributed by atoms with Crippen molar-refractivity contribution in [3.63, 3.8) is 0 Å². The van der Waals surface area contributed by atoms with Crippen molar-refractivity contribution < 1.29 is 20.5 Å². The molecular weight excluding hydrogens is 100 g/mol. The quantitative estimate of drug-likeness (QED) is 0.355. The van der Waals surface area contributed by atoms with Crippen LogP contribution in [0.2, 0.25) is 0 Å². The largest absolute Gasteiger partial charge is 2.00 e. The standard InChI is InChI=1S/CO2.Mg.2H2O/c2-1-3;;;/h;;2*1H2/q;+2;;/p-2. The van der Waals surface area contributed by atoms with Crippen molar-refractivity contribution in [1.29, 1.82) is 0 Å². The average molecular weight is 102 g/mol. The number of rotatable bonds is 0. The Balaban J connectivity index is -0.00000000667. The molecular formula is CH2MgO4. The summed E-state index contributed by atoms with van der Waals surface area (Å²) >= 11 is 0. The van der Waals surface area contributed by atoms with E-state index in [2.05, 4.69) is 0 Å². The second kappa shape index (κ2) is 73.7. The van der Waals surface area contributed by atoms with Gasteiger partial charge in [-0.15, -0.1) is 0 Å². The molecule has 0 aromatic rings. The third kappa shape index (κ3) is 8710. The van der Waals surface area contributed by atoms with Crippen molar-refractivity contribution >= 4 is 29.2 Å². The smallest absolute Gasteiger partial charge is 0.870 e. The summed E-state index contributed by atoms with van der Waals surface area (Å²) < 4.78 is 0. The summed E-state index contributed by atoms with van der Waals surface area (Å²) in [6.07, 6.45) is 0.250. The molecule has 0 fully saturated rings. The molecule has 4 nitrogen and oxygen atoms in total. The first-order valence-corrected chi connectivity index (χ1v) is 0.408. The van der Waals surface area contributed by atoms with E-state index in [0.29, 0.717) is 0 Å². The summed E-state index contributed by atoms with van der Waals surface area (Å²) in [4.78, 5) is 16.2. The van der Waals surface area contributed by atoms with E-state index in [1.54, 1.807) is 0 Å². The second-order valence-corrected chi connectivity index (χ2v) is 0.0833. The Morgan fingerprint density at radius 1 is 1.00 bits per heavy atom. The maximum absolute atomic E-state index is 8.12. The molecule has 32 valence electrons. The average Bonchev–Trinajstić information content (AvgIpc) is 0.918. The zero-order valence-electron chi connectivity index (χ0n) is 2.92. The number of hydrogen-bond acceptors (Lipinski definition) is 4. The molecule has 0 aromatic carbocycles. The summed E-state index contributed by atoms with van der Waals surface area (Å²) in [6, 6.07) is 0. The van der Waals surface area contributed by atoms with Gasteiger partial charge in [0.05, 0.1) is 0 Å². The summed E-state index contributed by atoms with van der Waals surface area (Å²) in [5, 5.41) is 0. The minimum absolute atomic E-state index is 0. The monoisotopic (exact) mass is 102 g/mol. The molecule has 0 amide bonds. The molecule has 0 saturated heterocycles. The molecule has 0 aromatic heterocycles. The van der Waals surface area contributed by atoms with Crippen molar-refractivity contribution in [3.8, 4) is 0 Å². The van der Waals surface area contributed by atoms with E-state index in [9.17, 15) is 0 Å². The summed E-state index contributed by atoms with van der Waals surface area (Å²) in [7, 11) is 0. The Bertz CT molecular complexity index is 28.5. The Kier molecular flexibility index (Phi) is 448.